The average Bonchev–Trinajstić information content (AvgIpc) is 2.81. The van der Waals surface area contributed by atoms with E-state index in [1.165, 1.54) is 0 Å². The van der Waals surface area contributed by atoms with Crippen LogP contribution < -0.4 is 0 Å². The predicted octanol–water partition coefficient (Wildman–Crippen LogP) is 2.99. The molecule has 2 rings (SSSR count). The van der Waals surface area contributed by atoms with Gasteiger partial charge >= 0.3 is 0 Å². The van der Waals surface area contributed by atoms with E-state index in [0.29, 0.717) is 24.9 Å². The van der Waals surface area contributed by atoms with Gasteiger partial charge in [0.25, 0.3) is 5.91 Å². The topological polar surface area (TPSA) is 33.2 Å². The maximum absolute atomic E-state index is 13.1. The first-order valence-electron chi connectivity index (χ1n) is 6.09. The number of hydrogen-bond donors (Lipinski definition) is 0. The minimum Gasteiger partial charge on any atom is -0.338 e. The molecule has 1 atom stereocenters. The van der Waals surface area contributed by atoms with Crippen molar-refractivity contribution < 1.29 is 9.18 Å². The Morgan fingerprint density at radius 3 is 2.94 bits per heavy atom. The molecule has 0 N–H and O–H groups in total. The lowest BCUT2D eigenvalue weighted by atomic mass is 9.95. The van der Waals surface area contributed by atoms with Gasteiger partial charge < -0.3 is 4.90 Å². The molecule has 1 unspecified atom stereocenters. The second-order valence-electron chi connectivity index (χ2n) is 5.04. The minimum absolute atomic E-state index is 0.0643. The molecule has 0 radical (unpaired) electrons. The van der Waals surface area contributed by atoms with E-state index < -0.39 is 5.82 Å². The number of rotatable bonds is 2. The summed E-state index contributed by atoms with van der Waals surface area (Å²) in [5.41, 5.74) is 0.154. The number of likely N-dealkylation sites (tertiary alicyclic amines) is 1. The van der Waals surface area contributed by atoms with Gasteiger partial charge in [-0.2, -0.15) is 0 Å². The summed E-state index contributed by atoms with van der Waals surface area (Å²) in [4.78, 5) is 17.6. The molecule has 1 aromatic rings. The van der Waals surface area contributed by atoms with Crippen LogP contribution in [0.2, 0.25) is 5.15 Å². The molecule has 1 aliphatic heterocycles. The van der Waals surface area contributed by atoms with Gasteiger partial charge in [-0.3, -0.25) is 4.79 Å². The molecule has 0 saturated carbocycles. The quantitative estimate of drug-likeness (QED) is 0.774. The van der Waals surface area contributed by atoms with Gasteiger partial charge in [-0.25, -0.2) is 9.37 Å². The molecule has 5 heteroatoms. The molecule has 98 valence electrons. The molecule has 0 aliphatic carbocycles. The molecule has 18 heavy (non-hydrogen) atoms. The normalized spacial score (nSPS) is 19.6. The van der Waals surface area contributed by atoms with Crippen molar-refractivity contribution in [1.29, 1.82) is 0 Å². The molecule has 0 bridgehead atoms. The molecule has 1 aliphatic rings. The van der Waals surface area contributed by atoms with Crippen LogP contribution in [0, 0.1) is 17.7 Å². The van der Waals surface area contributed by atoms with E-state index >= 15 is 0 Å². The van der Waals surface area contributed by atoms with Gasteiger partial charge in [0, 0.05) is 13.1 Å². The Balaban J connectivity index is 2.15. The van der Waals surface area contributed by atoms with Crippen LogP contribution in [0.25, 0.3) is 0 Å². The molecule has 1 amide bonds. The highest BCUT2D eigenvalue weighted by atomic mass is 35.5. The number of amides is 1. The molecule has 3 nitrogen and oxygen atoms in total. The zero-order valence-electron chi connectivity index (χ0n) is 10.5. The lowest BCUT2D eigenvalue weighted by Gasteiger charge is -2.18. The summed E-state index contributed by atoms with van der Waals surface area (Å²) >= 11 is 5.84. The van der Waals surface area contributed by atoms with E-state index in [4.69, 9.17) is 11.6 Å². The molecule has 2 heterocycles. The lowest BCUT2D eigenvalue weighted by molar-refractivity contribution is 0.0783. The fraction of sp³-hybridized carbons (Fsp3) is 0.538. The van der Waals surface area contributed by atoms with Crippen LogP contribution >= 0.6 is 11.6 Å². The summed E-state index contributed by atoms with van der Waals surface area (Å²) < 4.78 is 13.1. The van der Waals surface area contributed by atoms with Crippen LogP contribution in [0.3, 0.4) is 0 Å². The van der Waals surface area contributed by atoms with Crippen molar-refractivity contribution >= 4 is 17.5 Å². The van der Waals surface area contributed by atoms with Crippen molar-refractivity contribution in [3.8, 4) is 0 Å². The third-order valence-corrected chi connectivity index (χ3v) is 3.79. The van der Waals surface area contributed by atoms with Crippen LogP contribution in [0.5, 0.6) is 0 Å². The lowest BCUT2D eigenvalue weighted by Crippen LogP contribution is -2.29. The standard InChI is InChI=1S/C13H16ClFN2O/c1-8(2)9-3-4-17(7-9)13(18)11-5-10(15)6-16-12(11)14/h5-6,8-9H,3-4,7H2,1-2H3. The van der Waals surface area contributed by atoms with Crippen LogP contribution in [-0.4, -0.2) is 28.9 Å². The number of hydrogen-bond acceptors (Lipinski definition) is 2. The van der Waals surface area contributed by atoms with Crippen LogP contribution in [0.15, 0.2) is 12.3 Å². The fourth-order valence-electron chi connectivity index (χ4n) is 2.26. The molecule has 1 saturated heterocycles. The Hall–Kier alpha value is -1.16. The first kappa shape index (κ1) is 13.3. The number of carbonyl (C=O) groups is 1. The van der Waals surface area contributed by atoms with E-state index in [1.54, 1.807) is 4.90 Å². The third-order valence-electron chi connectivity index (χ3n) is 3.49. The second-order valence-corrected chi connectivity index (χ2v) is 5.39. The summed E-state index contributed by atoms with van der Waals surface area (Å²) in [7, 11) is 0. The van der Waals surface area contributed by atoms with Crippen molar-refractivity contribution in [2.45, 2.75) is 20.3 Å². The van der Waals surface area contributed by atoms with E-state index in [2.05, 4.69) is 18.8 Å². The van der Waals surface area contributed by atoms with Crippen molar-refractivity contribution in [3.63, 3.8) is 0 Å². The van der Waals surface area contributed by atoms with Crippen molar-refractivity contribution in [2.24, 2.45) is 11.8 Å². The molecular weight excluding hydrogens is 255 g/mol. The molecule has 1 aromatic heterocycles. The highest BCUT2D eigenvalue weighted by molar-refractivity contribution is 6.32. The Morgan fingerprint density at radius 1 is 1.61 bits per heavy atom. The zero-order valence-corrected chi connectivity index (χ0v) is 11.2. The SMILES string of the molecule is CC(C)C1CCN(C(=O)c2cc(F)cnc2Cl)C1. The van der Waals surface area contributed by atoms with Crippen molar-refractivity contribution in [2.75, 3.05) is 13.1 Å². The van der Waals surface area contributed by atoms with Gasteiger partial charge in [0.05, 0.1) is 11.8 Å². The summed E-state index contributed by atoms with van der Waals surface area (Å²) in [6.07, 6.45) is 2.00. The van der Waals surface area contributed by atoms with Crippen molar-refractivity contribution in [1.82, 2.24) is 9.88 Å². The van der Waals surface area contributed by atoms with Gasteiger partial charge in [0.2, 0.25) is 0 Å². The summed E-state index contributed by atoms with van der Waals surface area (Å²) in [5, 5.41) is 0.0643. The Labute approximate surface area is 111 Å². The van der Waals surface area contributed by atoms with E-state index in [9.17, 15) is 9.18 Å². The summed E-state index contributed by atoms with van der Waals surface area (Å²) in [6.45, 7) is 5.71. The van der Waals surface area contributed by atoms with Crippen LogP contribution in [-0.2, 0) is 0 Å². The van der Waals surface area contributed by atoms with Gasteiger partial charge in [0.1, 0.15) is 11.0 Å². The van der Waals surface area contributed by atoms with Crippen molar-refractivity contribution in [3.05, 3.63) is 28.8 Å². The second kappa shape index (κ2) is 5.22. The molecule has 0 spiro atoms. The number of pyridine rings is 1. The van der Waals surface area contributed by atoms with Gasteiger partial charge in [-0.1, -0.05) is 25.4 Å². The maximum Gasteiger partial charge on any atom is 0.257 e. The number of aromatic nitrogens is 1. The van der Waals surface area contributed by atoms with E-state index in [0.717, 1.165) is 18.7 Å². The summed E-state index contributed by atoms with van der Waals surface area (Å²) in [6, 6.07) is 1.15. The van der Waals surface area contributed by atoms with Gasteiger partial charge in [-0.15, -0.1) is 0 Å². The smallest absolute Gasteiger partial charge is 0.257 e. The third kappa shape index (κ3) is 2.64. The molecular formula is C13H16ClFN2O. The summed E-state index contributed by atoms with van der Waals surface area (Å²) in [5.74, 6) is 0.288. The van der Waals surface area contributed by atoms with Crippen LogP contribution in [0.4, 0.5) is 4.39 Å². The monoisotopic (exact) mass is 270 g/mol. The minimum atomic E-state index is -0.539. The highest BCUT2D eigenvalue weighted by Gasteiger charge is 2.29. The number of nitrogens with zero attached hydrogens (tertiary/aromatic N) is 2. The Bertz CT molecular complexity index is 464. The highest BCUT2D eigenvalue weighted by Crippen LogP contribution is 2.26. The predicted molar refractivity (Wildman–Crippen MR) is 68.1 cm³/mol. The average molecular weight is 271 g/mol. The largest absolute Gasteiger partial charge is 0.338 e. The Kier molecular flexibility index (Phi) is 3.85. The Morgan fingerprint density at radius 2 is 2.33 bits per heavy atom. The van der Waals surface area contributed by atoms with Gasteiger partial charge in [0.15, 0.2) is 0 Å². The number of carbonyl (C=O) groups excluding carboxylic acids is 1. The van der Waals surface area contributed by atoms with Crippen LogP contribution in [0.1, 0.15) is 30.6 Å². The van der Waals surface area contributed by atoms with E-state index in [-0.39, 0.29) is 16.6 Å². The fourth-order valence-corrected chi connectivity index (χ4v) is 2.44. The first-order valence-corrected chi connectivity index (χ1v) is 6.47. The maximum atomic E-state index is 13.1. The molecule has 1 fully saturated rings. The van der Waals surface area contributed by atoms with E-state index in [1.807, 2.05) is 0 Å². The van der Waals surface area contributed by atoms with Gasteiger partial charge in [-0.05, 0) is 24.3 Å². The number of halogens is 2. The molecule has 0 aromatic carbocycles. The zero-order chi connectivity index (χ0) is 13.3. The first-order chi connectivity index (χ1) is 8.49.